The minimum Gasteiger partial charge on any atom is -0.486 e. The van der Waals surface area contributed by atoms with Crippen LogP contribution in [0.5, 0.6) is 11.5 Å². The van der Waals surface area contributed by atoms with Crippen LogP contribution in [0.25, 0.3) is 0 Å². The van der Waals surface area contributed by atoms with Crippen molar-refractivity contribution in [2.75, 3.05) is 26.3 Å². The maximum atomic E-state index is 13.0. The van der Waals surface area contributed by atoms with Gasteiger partial charge in [-0.2, -0.15) is 0 Å². The van der Waals surface area contributed by atoms with Crippen LogP contribution in [0, 0.1) is 10.1 Å². The summed E-state index contributed by atoms with van der Waals surface area (Å²) in [6.45, 7) is 5.00. The molecule has 0 N–H and O–H groups in total. The van der Waals surface area contributed by atoms with E-state index in [1.807, 2.05) is 13.8 Å². The highest BCUT2D eigenvalue weighted by Crippen LogP contribution is 2.37. The van der Waals surface area contributed by atoms with Crippen LogP contribution < -0.4 is 9.47 Å². The predicted octanol–water partition coefficient (Wildman–Crippen LogP) is 3.13. The lowest BCUT2D eigenvalue weighted by Crippen LogP contribution is -2.36. The van der Waals surface area contributed by atoms with Crippen molar-refractivity contribution in [1.82, 2.24) is 4.90 Å². The first-order valence-electron chi connectivity index (χ1n) is 9.59. The van der Waals surface area contributed by atoms with Gasteiger partial charge in [0.15, 0.2) is 11.5 Å². The smallest absolute Gasteiger partial charge is 0.346 e. The molecule has 0 saturated heterocycles. The van der Waals surface area contributed by atoms with Crippen LogP contribution in [0.15, 0.2) is 42.5 Å². The van der Waals surface area contributed by atoms with E-state index in [9.17, 15) is 19.7 Å². The number of nitro groups is 1. The van der Waals surface area contributed by atoms with Gasteiger partial charge in [-0.25, -0.2) is 4.79 Å². The molecule has 0 radical (unpaired) electrons. The van der Waals surface area contributed by atoms with E-state index in [1.54, 1.807) is 30.3 Å². The fraction of sp³-hybridized carbons (Fsp3) is 0.333. The quantitative estimate of drug-likeness (QED) is 0.389. The van der Waals surface area contributed by atoms with Gasteiger partial charge in [-0.05, 0) is 13.8 Å². The van der Waals surface area contributed by atoms with E-state index >= 15 is 0 Å². The number of nitro benzene ring substituents is 1. The number of benzene rings is 2. The molecule has 3 rings (SSSR count). The second-order valence-electron chi connectivity index (χ2n) is 6.48. The van der Waals surface area contributed by atoms with E-state index in [-0.39, 0.29) is 30.3 Å². The fourth-order valence-corrected chi connectivity index (χ4v) is 3.15. The van der Waals surface area contributed by atoms with Gasteiger partial charge in [-0.3, -0.25) is 14.9 Å². The molecule has 0 aliphatic carbocycles. The molecule has 1 amide bonds. The molecule has 2 aromatic rings. The number of esters is 1. The zero-order valence-electron chi connectivity index (χ0n) is 16.7. The Hall–Kier alpha value is -3.62. The maximum absolute atomic E-state index is 13.0. The Morgan fingerprint density at radius 1 is 1.10 bits per heavy atom. The first-order valence-corrected chi connectivity index (χ1v) is 9.59. The molecule has 1 aliphatic rings. The van der Waals surface area contributed by atoms with Gasteiger partial charge < -0.3 is 19.1 Å². The van der Waals surface area contributed by atoms with Gasteiger partial charge in [0, 0.05) is 24.7 Å². The van der Waals surface area contributed by atoms with Crippen molar-refractivity contribution in [2.24, 2.45) is 0 Å². The largest absolute Gasteiger partial charge is 0.486 e. The van der Waals surface area contributed by atoms with Gasteiger partial charge in [-0.1, -0.05) is 30.3 Å². The standard InChI is InChI=1S/C21H22N2O7/c1-3-22(4-2)20(24)19(14-8-6-5-7-9-14)30-21(25)15-12-17-18(29-11-10-28-17)13-16(15)23(26)27/h5-9,12-13,19H,3-4,10-11H2,1-2H3/t19-/m1/s1. The number of hydrogen-bond donors (Lipinski definition) is 0. The van der Waals surface area contributed by atoms with Gasteiger partial charge in [0.25, 0.3) is 11.6 Å². The number of carbonyl (C=O) groups is 2. The molecule has 1 heterocycles. The van der Waals surface area contributed by atoms with Crippen molar-refractivity contribution in [1.29, 1.82) is 0 Å². The van der Waals surface area contributed by atoms with Crippen molar-refractivity contribution in [3.63, 3.8) is 0 Å². The van der Waals surface area contributed by atoms with Crippen molar-refractivity contribution in [3.8, 4) is 11.5 Å². The molecular weight excluding hydrogens is 392 g/mol. The van der Waals surface area contributed by atoms with Gasteiger partial charge >= 0.3 is 5.97 Å². The summed E-state index contributed by atoms with van der Waals surface area (Å²) in [6.07, 6.45) is -1.23. The highest BCUT2D eigenvalue weighted by atomic mass is 16.6. The third-order valence-electron chi connectivity index (χ3n) is 4.70. The lowest BCUT2D eigenvalue weighted by Gasteiger charge is -2.25. The van der Waals surface area contributed by atoms with E-state index in [0.29, 0.717) is 18.7 Å². The normalized spacial score (nSPS) is 13.3. The predicted molar refractivity (Wildman–Crippen MR) is 107 cm³/mol. The fourth-order valence-electron chi connectivity index (χ4n) is 3.15. The summed E-state index contributed by atoms with van der Waals surface area (Å²) in [6, 6.07) is 10.9. The number of carbonyl (C=O) groups excluding carboxylic acids is 2. The average molecular weight is 414 g/mol. The van der Waals surface area contributed by atoms with Crippen molar-refractivity contribution >= 4 is 17.6 Å². The third kappa shape index (κ3) is 4.35. The summed E-state index contributed by atoms with van der Waals surface area (Å²) in [5, 5.41) is 11.5. The Morgan fingerprint density at radius 2 is 1.70 bits per heavy atom. The second kappa shape index (κ2) is 9.25. The van der Waals surface area contributed by atoms with Crippen molar-refractivity contribution in [3.05, 3.63) is 63.7 Å². The summed E-state index contributed by atoms with van der Waals surface area (Å²) < 4.78 is 16.3. The SMILES string of the molecule is CCN(CC)C(=O)[C@H](OC(=O)c1cc2c(cc1[N+](=O)[O-])OCCO2)c1ccccc1. The monoisotopic (exact) mass is 414 g/mol. The molecule has 0 bridgehead atoms. The van der Waals surface area contributed by atoms with Crippen LogP contribution >= 0.6 is 0 Å². The molecule has 1 aliphatic heterocycles. The number of amides is 1. The number of rotatable bonds is 7. The molecule has 0 aromatic heterocycles. The summed E-state index contributed by atoms with van der Waals surface area (Å²) in [7, 11) is 0. The van der Waals surface area contributed by atoms with Crippen LogP contribution in [0.4, 0.5) is 5.69 Å². The van der Waals surface area contributed by atoms with E-state index < -0.39 is 28.6 Å². The third-order valence-corrected chi connectivity index (χ3v) is 4.70. The Balaban J connectivity index is 1.98. The molecule has 2 aromatic carbocycles. The zero-order valence-corrected chi connectivity index (χ0v) is 16.7. The lowest BCUT2D eigenvalue weighted by atomic mass is 10.1. The molecule has 0 saturated carbocycles. The van der Waals surface area contributed by atoms with E-state index in [4.69, 9.17) is 14.2 Å². The van der Waals surface area contributed by atoms with Gasteiger partial charge in [0.1, 0.15) is 18.8 Å². The highest BCUT2D eigenvalue weighted by Gasteiger charge is 2.33. The number of hydrogen-bond acceptors (Lipinski definition) is 7. The number of ether oxygens (including phenoxy) is 3. The van der Waals surface area contributed by atoms with Gasteiger partial charge in [0.05, 0.1) is 11.0 Å². The molecular formula is C21H22N2O7. The van der Waals surface area contributed by atoms with E-state index in [1.165, 1.54) is 11.0 Å². The van der Waals surface area contributed by atoms with Crippen LogP contribution in [0.2, 0.25) is 0 Å². The summed E-state index contributed by atoms with van der Waals surface area (Å²) >= 11 is 0. The first kappa shape index (κ1) is 21.1. The van der Waals surface area contributed by atoms with Crippen LogP contribution in [0.3, 0.4) is 0 Å². The Labute approximate surface area is 173 Å². The number of nitrogens with zero attached hydrogens (tertiary/aromatic N) is 2. The zero-order chi connectivity index (χ0) is 21.7. The molecule has 0 fully saturated rings. The highest BCUT2D eigenvalue weighted by molar-refractivity contribution is 5.97. The van der Waals surface area contributed by atoms with E-state index in [0.717, 1.165) is 6.07 Å². The second-order valence-corrected chi connectivity index (χ2v) is 6.48. The topological polar surface area (TPSA) is 108 Å². The molecule has 0 unspecified atom stereocenters. The minimum atomic E-state index is -1.23. The molecule has 9 heteroatoms. The van der Waals surface area contributed by atoms with Crippen LogP contribution in [-0.4, -0.2) is 48.0 Å². The van der Waals surface area contributed by atoms with Crippen molar-refractivity contribution < 1.29 is 28.7 Å². The number of fused-ring (bicyclic) bond motifs is 1. The molecule has 0 spiro atoms. The number of likely N-dealkylation sites (N-methyl/N-ethyl adjacent to an activating group) is 1. The summed E-state index contributed by atoms with van der Waals surface area (Å²) in [4.78, 5) is 38.3. The first-order chi connectivity index (χ1) is 14.5. The summed E-state index contributed by atoms with van der Waals surface area (Å²) in [5.41, 5.74) is -0.313. The minimum absolute atomic E-state index is 0.184. The molecule has 30 heavy (non-hydrogen) atoms. The summed E-state index contributed by atoms with van der Waals surface area (Å²) in [5.74, 6) is -0.999. The van der Waals surface area contributed by atoms with E-state index in [2.05, 4.69) is 0 Å². The molecule has 1 atom stereocenters. The van der Waals surface area contributed by atoms with Crippen LogP contribution in [-0.2, 0) is 9.53 Å². The Kier molecular flexibility index (Phi) is 6.51. The molecule has 158 valence electrons. The Morgan fingerprint density at radius 3 is 2.27 bits per heavy atom. The maximum Gasteiger partial charge on any atom is 0.346 e. The van der Waals surface area contributed by atoms with Gasteiger partial charge in [-0.15, -0.1) is 0 Å². The Bertz CT molecular complexity index is 942. The average Bonchev–Trinajstić information content (AvgIpc) is 2.77. The van der Waals surface area contributed by atoms with Crippen LogP contribution in [0.1, 0.15) is 35.9 Å². The molecule has 9 nitrogen and oxygen atoms in total. The van der Waals surface area contributed by atoms with Crippen molar-refractivity contribution in [2.45, 2.75) is 20.0 Å². The van der Waals surface area contributed by atoms with Gasteiger partial charge in [0.2, 0.25) is 6.10 Å². The lowest BCUT2D eigenvalue weighted by molar-refractivity contribution is -0.385.